The summed E-state index contributed by atoms with van der Waals surface area (Å²) in [7, 11) is 2.16. The third-order valence-corrected chi connectivity index (χ3v) is 4.64. The highest BCUT2D eigenvalue weighted by atomic mass is 16.3. The number of benzene rings is 1. The van der Waals surface area contributed by atoms with Gasteiger partial charge in [-0.05, 0) is 32.0 Å². The van der Waals surface area contributed by atoms with Gasteiger partial charge in [-0.25, -0.2) is 0 Å². The van der Waals surface area contributed by atoms with Crippen molar-refractivity contribution < 1.29 is 5.11 Å². The number of fused-ring (bicyclic) bond motifs is 1. The van der Waals surface area contributed by atoms with Crippen molar-refractivity contribution >= 4 is 11.8 Å². The maximum absolute atomic E-state index is 10.1. The molecule has 1 saturated heterocycles. The summed E-state index contributed by atoms with van der Waals surface area (Å²) in [6.07, 6.45) is 5.87. The van der Waals surface area contributed by atoms with Gasteiger partial charge < -0.3 is 10.0 Å². The summed E-state index contributed by atoms with van der Waals surface area (Å²) < 4.78 is 0. The zero-order valence-corrected chi connectivity index (χ0v) is 11.7. The van der Waals surface area contributed by atoms with Gasteiger partial charge in [0.15, 0.2) is 0 Å². The normalized spacial score (nSPS) is 31.3. The van der Waals surface area contributed by atoms with E-state index in [-0.39, 0.29) is 11.8 Å². The summed E-state index contributed by atoms with van der Waals surface area (Å²) in [5.74, 6) is 0. The van der Waals surface area contributed by atoms with Crippen molar-refractivity contribution in [3.05, 3.63) is 35.9 Å². The molecule has 2 aliphatic heterocycles. The predicted octanol–water partition coefficient (Wildman–Crippen LogP) is 2.32. The maximum atomic E-state index is 10.1. The lowest BCUT2D eigenvalue weighted by molar-refractivity contribution is 0.00245. The van der Waals surface area contributed by atoms with Gasteiger partial charge in [-0.1, -0.05) is 30.4 Å². The summed E-state index contributed by atoms with van der Waals surface area (Å²) in [5, 5.41) is 10.1. The molecule has 2 unspecified atom stereocenters. The minimum absolute atomic E-state index is 0.113. The Bertz CT molecular complexity index is 499. The van der Waals surface area contributed by atoms with Crippen molar-refractivity contribution in [3.8, 4) is 0 Å². The van der Waals surface area contributed by atoms with Gasteiger partial charge in [-0.3, -0.25) is 4.90 Å². The molecule has 2 atom stereocenters. The number of aliphatic hydroxyl groups is 1. The number of hydrogen-bond acceptors (Lipinski definition) is 3. The average Bonchev–Trinajstić information content (AvgIpc) is 2.42. The van der Waals surface area contributed by atoms with Crippen LogP contribution in [0.25, 0.3) is 6.08 Å². The first-order valence-electron chi connectivity index (χ1n) is 7.04. The highest BCUT2D eigenvalue weighted by molar-refractivity contribution is 5.72. The Balaban J connectivity index is 1.99. The molecule has 0 radical (unpaired) electrons. The van der Waals surface area contributed by atoms with E-state index in [4.69, 9.17) is 0 Å². The van der Waals surface area contributed by atoms with Gasteiger partial charge in [-0.2, -0.15) is 0 Å². The summed E-state index contributed by atoms with van der Waals surface area (Å²) in [6.45, 7) is 4.09. The highest BCUT2D eigenvalue weighted by Gasteiger charge is 2.41. The first kappa shape index (κ1) is 12.7. The fourth-order valence-corrected chi connectivity index (χ4v) is 3.32. The number of para-hydroxylation sites is 1. The molecule has 1 aromatic carbocycles. The second-order valence-corrected chi connectivity index (χ2v) is 5.86. The summed E-state index contributed by atoms with van der Waals surface area (Å²) in [4.78, 5) is 4.79. The van der Waals surface area contributed by atoms with Crippen LogP contribution in [0.5, 0.6) is 0 Å². The van der Waals surface area contributed by atoms with E-state index in [1.54, 1.807) is 0 Å². The van der Waals surface area contributed by atoms with Gasteiger partial charge >= 0.3 is 0 Å². The molecule has 1 aromatic rings. The molecule has 0 saturated carbocycles. The molecule has 2 heterocycles. The Morgan fingerprint density at radius 1 is 1.32 bits per heavy atom. The number of hydrogen-bond donors (Lipinski definition) is 1. The standard InChI is InChI=1S/C16H22N2O/c1-16(12-14(19)9-11-17(16)2)18-10-5-7-13-6-3-4-8-15(13)18/h3-8,14,19H,9-12H2,1-2H3. The summed E-state index contributed by atoms with van der Waals surface area (Å²) in [6, 6.07) is 8.50. The molecule has 2 aliphatic rings. The van der Waals surface area contributed by atoms with E-state index >= 15 is 0 Å². The quantitative estimate of drug-likeness (QED) is 0.837. The Kier molecular flexibility index (Phi) is 3.11. The topological polar surface area (TPSA) is 26.7 Å². The smallest absolute Gasteiger partial charge is 0.0930 e. The summed E-state index contributed by atoms with van der Waals surface area (Å²) in [5.41, 5.74) is 2.43. The lowest BCUT2D eigenvalue weighted by Crippen LogP contribution is -2.62. The van der Waals surface area contributed by atoms with Crippen molar-refractivity contribution in [3.63, 3.8) is 0 Å². The average molecular weight is 258 g/mol. The van der Waals surface area contributed by atoms with Crippen LogP contribution in [-0.4, -0.2) is 41.9 Å². The second-order valence-electron chi connectivity index (χ2n) is 5.86. The molecular formula is C16H22N2O. The second kappa shape index (κ2) is 4.66. The number of anilines is 1. The number of rotatable bonds is 1. The molecular weight excluding hydrogens is 236 g/mol. The minimum atomic E-state index is -0.195. The van der Waals surface area contributed by atoms with Gasteiger partial charge in [-0.15, -0.1) is 0 Å². The van der Waals surface area contributed by atoms with Gasteiger partial charge in [0.2, 0.25) is 0 Å². The molecule has 3 heteroatoms. The molecule has 1 N–H and O–H groups in total. The molecule has 3 nitrogen and oxygen atoms in total. The Morgan fingerprint density at radius 2 is 2.11 bits per heavy atom. The predicted molar refractivity (Wildman–Crippen MR) is 79.1 cm³/mol. The van der Waals surface area contributed by atoms with Crippen molar-refractivity contribution in [2.45, 2.75) is 31.5 Å². The van der Waals surface area contributed by atoms with Crippen molar-refractivity contribution in [2.75, 3.05) is 25.0 Å². The first-order chi connectivity index (χ1) is 9.11. The third-order valence-electron chi connectivity index (χ3n) is 4.64. The zero-order chi connectivity index (χ0) is 13.5. The van der Waals surface area contributed by atoms with Crippen LogP contribution in [0.2, 0.25) is 0 Å². The number of piperidine rings is 1. The van der Waals surface area contributed by atoms with E-state index < -0.39 is 0 Å². The van der Waals surface area contributed by atoms with Gasteiger partial charge in [0.05, 0.1) is 11.8 Å². The molecule has 19 heavy (non-hydrogen) atoms. The van der Waals surface area contributed by atoms with Gasteiger partial charge in [0.1, 0.15) is 0 Å². The SMILES string of the molecule is CN1CCC(O)CC1(C)N1CC=Cc2ccccc21. The Morgan fingerprint density at radius 3 is 2.95 bits per heavy atom. The van der Waals surface area contributed by atoms with Crippen LogP contribution < -0.4 is 4.90 Å². The monoisotopic (exact) mass is 258 g/mol. The van der Waals surface area contributed by atoms with E-state index in [0.29, 0.717) is 0 Å². The molecule has 1 fully saturated rings. The van der Waals surface area contributed by atoms with Crippen LogP contribution >= 0.6 is 0 Å². The van der Waals surface area contributed by atoms with E-state index in [0.717, 1.165) is 25.9 Å². The van der Waals surface area contributed by atoms with Crippen LogP contribution in [0.1, 0.15) is 25.3 Å². The minimum Gasteiger partial charge on any atom is -0.393 e. The fraction of sp³-hybridized carbons (Fsp3) is 0.500. The highest BCUT2D eigenvalue weighted by Crippen LogP contribution is 2.37. The zero-order valence-electron chi connectivity index (χ0n) is 11.7. The lowest BCUT2D eigenvalue weighted by Gasteiger charge is -2.53. The van der Waals surface area contributed by atoms with Crippen LogP contribution in [-0.2, 0) is 0 Å². The lowest BCUT2D eigenvalue weighted by atomic mass is 9.91. The van der Waals surface area contributed by atoms with Crippen molar-refractivity contribution in [1.82, 2.24) is 4.90 Å². The van der Waals surface area contributed by atoms with Crippen LogP contribution in [0.3, 0.4) is 0 Å². The van der Waals surface area contributed by atoms with Gasteiger partial charge in [0.25, 0.3) is 0 Å². The van der Waals surface area contributed by atoms with E-state index in [9.17, 15) is 5.11 Å². The Labute approximate surface area is 115 Å². The van der Waals surface area contributed by atoms with Crippen LogP contribution in [0, 0.1) is 0 Å². The largest absolute Gasteiger partial charge is 0.393 e. The first-order valence-corrected chi connectivity index (χ1v) is 7.04. The molecule has 0 aliphatic carbocycles. The van der Waals surface area contributed by atoms with E-state index in [2.05, 4.69) is 60.2 Å². The van der Waals surface area contributed by atoms with Crippen molar-refractivity contribution in [1.29, 1.82) is 0 Å². The fourth-order valence-electron chi connectivity index (χ4n) is 3.32. The van der Waals surface area contributed by atoms with Crippen LogP contribution in [0.15, 0.2) is 30.3 Å². The molecule has 0 amide bonds. The molecule has 0 bridgehead atoms. The number of aliphatic hydroxyl groups excluding tert-OH is 1. The van der Waals surface area contributed by atoms with Crippen LogP contribution in [0.4, 0.5) is 5.69 Å². The maximum Gasteiger partial charge on any atom is 0.0930 e. The number of likely N-dealkylation sites (tertiary alicyclic amines) is 1. The molecule has 3 rings (SSSR count). The van der Waals surface area contributed by atoms with E-state index in [1.165, 1.54) is 11.3 Å². The summed E-state index contributed by atoms with van der Waals surface area (Å²) >= 11 is 0. The van der Waals surface area contributed by atoms with Gasteiger partial charge in [0, 0.05) is 25.2 Å². The third kappa shape index (κ3) is 2.07. The van der Waals surface area contributed by atoms with Crippen molar-refractivity contribution in [2.24, 2.45) is 0 Å². The number of nitrogens with zero attached hydrogens (tertiary/aromatic N) is 2. The van der Waals surface area contributed by atoms with E-state index in [1.807, 2.05) is 0 Å². The molecule has 102 valence electrons. The Hall–Kier alpha value is -1.32. The molecule has 0 spiro atoms. The molecule has 0 aromatic heterocycles.